The smallest absolute Gasteiger partial charge is 0.263 e. The van der Waals surface area contributed by atoms with Crippen LogP contribution in [0.1, 0.15) is 24.2 Å². The molecule has 3 aromatic rings. The largest absolute Gasteiger partial charge is 0.493 e. The lowest BCUT2D eigenvalue weighted by Crippen LogP contribution is -2.28. The monoisotopic (exact) mass is 461 g/mol. The number of benzene rings is 2. The first-order chi connectivity index (χ1) is 14.8. The van der Waals surface area contributed by atoms with Crippen molar-refractivity contribution in [3.63, 3.8) is 0 Å². The molecular weight excluding hydrogens is 438 g/mol. The van der Waals surface area contributed by atoms with Gasteiger partial charge in [0.05, 0.1) is 37.3 Å². The summed E-state index contributed by atoms with van der Waals surface area (Å²) in [6, 6.07) is 13.2. The van der Waals surface area contributed by atoms with Crippen LogP contribution in [0.3, 0.4) is 0 Å². The van der Waals surface area contributed by atoms with Gasteiger partial charge in [-0.2, -0.15) is 0 Å². The van der Waals surface area contributed by atoms with Gasteiger partial charge in [-0.1, -0.05) is 24.3 Å². The molecular formula is C21H23N3O5S2. The lowest BCUT2D eigenvalue weighted by Gasteiger charge is -2.16. The Morgan fingerprint density at radius 3 is 2.48 bits per heavy atom. The van der Waals surface area contributed by atoms with E-state index in [1.807, 2.05) is 19.1 Å². The average Bonchev–Trinajstić information content (AvgIpc) is 3.19. The van der Waals surface area contributed by atoms with Gasteiger partial charge in [0, 0.05) is 5.38 Å². The number of sulfonamides is 1. The number of carbonyl (C=O) groups is 1. The molecule has 0 spiro atoms. The molecule has 2 N–H and O–H groups in total. The van der Waals surface area contributed by atoms with Crippen LogP contribution in [0.15, 0.2) is 58.8 Å². The van der Waals surface area contributed by atoms with Gasteiger partial charge in [-0.05, 0) is 36.8 Å². The van der Waals surface area contributed by atoms with E-state index >= 15 is 0 Å². The summed E-state index contributed by atoms with van der Waals surface area (Å²) >= 11 is 1.13. The second-order valence-corrected chi connectivity index (χ2v) is 9.18. The topological polar surface area (TPSA) is 107 Å². The summed E-state index contributed by atoms with van der Waals surface area (Å²) in [5, 5.41) is 4.77. The zero-order valence-corrected chi connectivity index (χ0v) is 18.9. The molecule has 1 aromatic heterocycles. The van der Waals surface area contributed by atoms with Crippen LogP contribution in [-0.2, 0) is 21.2 Å². The Bertz CT molecular complexity index is 1150. The SMILES string of the molecule is COc1ccc(C(C)NC(=O)Cc2csc(NS(=O)(=O)c3ccccc3)n2)cc1OC. The van der Waals surface area contributed by atoms with Crippen molar-refractivity contribution in [1.29, 1.82) is 0 Å². The number of methoxy groups -OCH3 is 2. The van der Waals surface area contributed by atoms with Crippen molar-refractivity contribution >= 4 is 32.4 Å². The highest BCUT2D eigenvalue weighted by Gasteiger charge is 2.17. The molecule has 3 rings (SSSR count). The quantitative estimate of drug-likeness (QED) is 0.506. The number of anilines is 1. The summed E-state index contributed by atoms with van der Waals surface area (Å²) in [5.74, 6) is 0.957. The maximum absolute atomic E-state index is 12.4. The number of carbonyl (C=O) groups excluding carboxylic acids is 1. The molecule has 1 amide bonds. The van der Waals surface area contributed by atoms with Crippen LogP contribution < -0.4 is 19.5 Å². The van der Waals surface area contributed by atoms with E-state index in [0.29, 0.717) is 17.2 Å². The maximum atomic E-state index is 12.4. The summed E-state index contributed by atoms with van der Waals surface area (Å²) in [5.41, 5.74) is 1.34. The average molecular weight is 462 g/mol. The zero-order chi connectivity index (χ0) is 22.4. The van der Waals surface area contributed by atoms with Gasteiger partial charge < -0.3 is 14.8 Å². The van der Waals surface area contributed by atoms with E-state index in [4.69, 9.17) is 9.47 Å². The minimum Gasteiger partial charge on any atom is -0.493 e. The molecule has 10 heteroatoms. The van der Waals surface area contributed by atoms with Gasteiger partial charge in [0.15, 0.2) is 16.6 Å². The first-order valence-corrected chi connectivity index (χ1v) is 11.7. The van der Waals surface area contributed by atoms with Gasteiger partial charge >= 0.3 is 0 Å². The summed E-state index contributed by atoms with van der Waals surface area (Å²) in [4.78, 5) is 16.8. The van der Waals surface area contributed by atoms with E-state index in [2.05, 4.69) is 15.0 Å². The van der Waals surface area contributed by atoms with E-state index in [9.17, 15) is 13.2 Å². The Morgan fingerprint density at radius 2 is 1.81 bits per heavy atom. The van der Waals surface area contributed by atoms with E-state index in [1.165, 1.54) is 12.1 Å². The minimum atomic E-state index is -3.72. The van der Waals surface area contributed by atoms with Crippen molar-refractivity contribution in [3.8, 4) is 11.5 Å². The molecule has 2 aromatic carbocycles. The normalized spacial score (nSPS) is 12.1. The number of hydrogen-bond donors (Lipinski definition) is 2. The molecule has 0 fully saturated rings. The first-order valence-electron chi connectivity index (χ1n) is 9.36. The fraction of sp³-hybridized carbons (Fsp3) is 0.238. The van der Waals surface area contributed by atoms with Gasteiger partial charge in [0.1, 0.15) is 0 Å². The van der Waals surface area contributed by atoms with Crippen LogP contribution in [-0.4, -0.2) is 33.5 Å². The molecule has 0 saturated heterocycles. The molecule has 31 heavy (non-hydrogen) atoms. The van der Waals surface area contributed by atoms with Crippen LogP contribution in [0.2, 0.25) is 0 Å². The van der Waals surface area contributed by atoms with E-state index < -0.39 is 10.0 Å². The Labute approximate surface area is 185 Å². The second kappa shape index (κ2) is 9.80. The van der Waals surface area contributed by atoms with Crippen LogP contribution in [0.5, 0.6) is 11.5 Å². The van der Waals surface area contributed by atoms with E-state index in [1.54, 1.807) is 43.9 Å². The van der Waals surface area contributed by atoms with E-state index in [-0.39, 0.29) is 28.4 Å². The number of ether oxygens (including phenoxy) is 2. The van der Waals surface area contributed by atoms with Gasteiger partial charge in [0.2, 0.25) is 5.91 Å². The third-order valence-corrected chi connectivity index (χ3v) is 6.74. The Balaban J connectivity index is 1.61. The number of thiazole rings is 1. The molecule has 164 valence electrons. The van der Waals surface area contributed by atoms with Crippen molar-refractivity contribution in [2.45, 2.75) is 24.3 Å². The van der Waals surface area contributed by atoms with Crippen molar-refractivity contribution in [2.75, 3.05) is 18.9 Å². The summed E-state index contributed by atoms with van der Waals surface area (Å²) in [6.07, 6.45) is 0.0290. The van der Waals surface area contributed by atoms with Crippen LogP contribution in [0.25, 0.3) is 0 Å². The summed E-state index contributed by atoms with van der Waals surface area (Å²) < 4.78 is 37.7. The third-order valence-electron chi connectivity index (χ3n) is 4.45. The van der Waals surface area contributed by atoms with Gasteiger partial charge in [-0.3, -0.25) is 9.52 Å². The highest BCUT2D eigenvalue weighted by molar-refractivity contribution is 7.93. The molecule has 1 unspecified atom stereocenters. The number of aromatic nitrogens is 1. The predicted octanol–water partition coefficient (Wildman–Crippen LogP) is 3.38. The minimum absolute atomic E-state index is 0.0290. The molecule has 8 nitrogen and oxygen atoms in total. The maximum Gasteiger partial charge on any atom is 0.263 e. The molecule has 0 radical (unpaired) electrons. The number of hydrogen-bond acceptors (Lipinski definition) is 7. The molecule has 0 aliphatic rings. The molecule has 0 bridgehead atoms. The lowest BCUT2D eigenvalue weighted by atomic mass is 10.1. The number of nitrogens with zero attached hydrogens (tertiary/aromatic N) is 1. The Morgan fingerprint density at radius 1 is 1.10 bits per heavy atom. The van der Waals surface area contributed by atoms with Crippen molar-refractivity contribution in [1.82, 2.24) is 10.3 Å². The van der Waals surface area contributed by atoms with Crippen molar-refractivity contribution < 1.29 is 22.7 Å². The fourth-order valence-corrected chi connectivity index (χ4v) is 4.86. The standard InChI is InChI=1S/C21H23N3O5S2/c1-14(15-9-10-18(28-2)19(11-15)29-3)22-20(25)12-16-13-30-21(23-16)24-31(26,27)17-7-5-4-6-8-17/h4-11,13-14H,12H2,1-3H3,(H,22,25)(H,23,24). The highest BCUT2D eigenvalue weighted by Crippen LogP contribution is 2.30. The molecule has 1 atom stereocenters. The van der Waals surface area contributed by atoms with Crippen LogP contribution in [0, 0.1) is 0 Å². The molecule has 1 heterocycles. The summed E-state index contributed by atoms with van der Waals surface area (Å²) in [7, 11) is -0.608. The lowest BCUT2D eigenvalue weighted by molar-refractivity contribution is -0.121. The molecule has 0 saturated carbocycles. The predicted molar refractivity (Wildman–Crippen MR) is 119 cm³/mol. The first kappa shape index (κ1) is 22.6. The Kier molecular flexibility index (Phi) is 7.13. The zero-order valence-electron chi connectivity index (χ0n) is 17.3. The number of amides is 1. The van der Waals surface area contributed by atoms with E-state index in [0.717, 1.165) is 16.9 Å². The third kappa shape index (κ3) is 5.74. The second-order valence-electron chi connectivity index (χ2n) is 6.64. The molecule has 0 aliphatic heterocycles. The van der Waals surface area contributed by atoms with Crippen LogP contribution >= 0.6 is 11.3 Å². The summed E-state index contributed by atoms with van der Waals surface area (Å²) in [6.45, 7) is 1.86. The highest BCUT2D eigenvalue weighted by atomic mass is 32.2. The fourth-order valence-electron chi connectivity index (χ4n) is 2.87. The van der Waals surface area contributed by atoms with Crippen molar-refractivity contribution in [2.24, 2.45) is 0 Å². The van der Waals surface area contributed by atoms with Gasteiger partial charge in [-0.15, -0.1) is 11.3 Å². The van der Waals surface area contributed by atoms with Gasteiger partial charge in [0.25, 0.3) is 10.0 Å². The number of nitrogens with one attached hydrogen (secondary N) is 2. The van der Waals surface area contributed by atoms with Gasteiger partial charge in [-0.25, -0.2) is 13.4 Å². The molecule has 0 aliphatic carbocycles. The van der Waals surface area contributed by atoms with Crippen molar-refractivity contribution in [3.05, 3.63) is 65.2 Å². The Hall–Kier alpha value is -3.11. The number of rotatable bonds is 9. The van der Waals surface area contributed by atoms with Crippen LogP contribution in [0.4, 0.5) is 5.13 Å².